The van der Waals surface area contributed by atoms with Crippen LogP contribution in [0.3, 0.4) is 0 Å². The van der Waals surface area contributed by atoms with Crippen molar-refractivity contribution in [2.75, 3.05) is 36.5 Å². The molecule has 1 N–H and O–H groups in total. The Balaban J connectivity index is 2.16. The van der Waals surface area contributed by atoms with Gasteiger partial charge in [-0.15, -0.1) is 0 Å². The van der Waals surface area contributed by atoms with Crippen LogP contribution in [0.1, 0.15) is 38.1 Å². The summed E-state index contributed by atoms with van der Waals surface area (Å²) >= 11 is 0. The van der Waals surface area contributed by atoms with Gasteiger partial charge in [0.2, 0.25) is 0 Å². The van der Waals surface area contributed by atoms with E-state index < -0.39 is 0 Å². The smallest absolute Gasteiger partial charge is 0.255 e. The van der Waals surface area contributed by atoms with E-state index in [2.05, 4.69) is 24.1 Å². The summed E-state index contributed by atoms with van der Waals surface area (Å²) in [4.78, 5) is 14.9. The highest BCUT2D eigenvalue weighted by molar-refractivity contribution is 6.04. The first-order valence-corrected chi connectivity index (χ1v) is 9.18. The molecule has 0 heterocycles. The van der Waals surface area contributed by atoms with Gasteiger partial charge in [0.15, 0.2) is 0 Å². The Morgan fingerprint density at radius 2 is 1.42 bits per heavy atom. The van der Waals surface area contributed by atoms with Crippen molar-refractivity contribution in [3.8, 4) is 11.5 Å². The lowest BCUT2D eigenvalue weighted by atomic mass is 10.1. The van der Waals surface area contributed by atoms with Gasteiger partial charge in [-0.1, -0.05) is 0 Å². The normalized spacial score (nSPS) is 10.3. The third-order valence-electron chi connectivity index (χ3n) is 4.02. The van der Waals surface area contributed by atoms with Gasteiger partial charge in [-0.2, -0.15) is 0 Å². The molecule has 0 atom stereocenters. The molecule has 2 rings (SSSR count). The van der Waals surface area contributed by atoms with Crippen LogP contribution in [0.5, 0.6) is 11.5 Å². The van der Waals surface area contributed by atoms with Gasteiger partial charge in [0.25, 0.3) is 5.91 Å². The molecule has 2 aromatic carbocycles. The third-order valence-corrected chi connectivity index (χ3v) is 4.02. The quantitative estimate of drug-likeness (QED) is 0.714. The molecule has 1 amide bonds. The molecular weight excluding hydrogens is 328 g/mol. The van der Waals surface area contributed by atoms with Crippen LogP contribution in [0.2, 0.25) is 0 Å². The molecule has 0 aromatic heterocycles. The van der Waals surface area contributed by atoms with Crippen LogP contribution in [0.15, 0.2) is 42.5 Å². The molecule has 26 heavy (non-hydrogen) atoms. The Bertz CT molecular complexity index is 685. The van der Waals surface area contributed by atoms with Crippen LogP contribution < -0.4 is 19.7 Å². The summed E-state index contributed by atoms with van der Waals surface area (Å²) in [5.41, 5.74) is 2.41. The molecule has 0 aliphatic heterocycles. The van der Waals surface area contributed by atoms with E-state index in [1.807, 2.05) is 38.1 Å². The lowest BCUT2D eigenvalue weighted by Crippen LogP contribution is -2.21. The van der Waals surface area contributed by atoms with Crippen molar-refractivity contribution < 1.29 is 14.3 Å². The fourth-order valence-electron chi connectivity index (χ4n) is 2.75. The topological polar surface area (TPSA) is 50.8 Å². The number of carbonyl (C=O) groups is 1. The van der Waals surface area contributed by atoms with Crippen molar-refractivity contribution in [2.24, 2.45) is 0 Å². The summed E-state index contributed by atoms with van der Waals surface area (Å²) in [6.45, 7) is 11.0. The maximum absolute atomic E-state index is 12.6. The van der Waals surface area contributed by atoms with Gasteiger partial charge in [0, 0.05) is 36.1 Å². The van der Waals surface area contributed by atoms with Crippen LogP contribution >= 0.6 is 0 Å². The first kappa shape index (κ1) is 19.6. The number of benzene rings is 2. The zero-order valence-corrected chi connectivity index (χ0v) is 16.0. The maximum Gasteiger partial charge on any atom is 0.255 e. The van der Waals surface area contributed by atoms with E-state index in [-0.39, 0.29) is 5.91 Å². The Morgan fingerprint density at radius 3 is 1.88 bits per heavy atom. The number of rotatable bonds is 9. The van der Waals surface area contributed by atoms with E-state index in [0.29, 0.717) is 30.3 Å². The minimum Gasteiger partial charge on any atom is -0.494 e. The van der Waals surface area contributed by atoms with E-state index in [4.69, 9.17) is 9.47 Å². The minimum absolute atomic E-state index is 0.192. The fourth-order valence-corrected chi connectivity index (χ4v) is 2.75. The molecule has 5 heteroatoms. The van der Waals surface area contributed by atoms with Crippen molar-refractivity contribution >= 4 is 17.3 Å². The average molecular weight is 356 g/mol. The Labute approximate surface area is 155 Å². The second-order valence-electron chi connectivity index (χ2n) is 5.73. The number of nitrogens with zero attached hydrogens (tertiary/aromatic N) is 1. The molecule has 0 unspecified atom stereocenters. The Hall–Kier alpha value is -2.69. The highest BCUT2D eigenvalue weighted by Gasteiger charge is 2.11. The molecule has 140 valence electrons. The molecule has 5 nitrogen and oxygen atoms in total. The van der Waals surface area contributed by atoms with Gasteiger partial charge in [0.05, 0.1) is 13.2 Å². The molecular formula is C21H28N2O3. The van der Waals surface area contributed by atoms with Gasteiger partial charge in [-0.3, -0.25) is 4.79 Å². The fraction of sp³-hybridized carbons (Fsp3) is 0.381. The molecule has 0 saturated heterocycles. The van der Waals surface area contributed by atoms with Crippen LogP contribution in [0, 0.1) is 0 Å². The van der Waals surface area contributed by atoms with Gasteiger partial charge >= 0.3 is 0 Å². The van der Waals surface area contributed by atoms with Gasteiger partial charge in [-0.25, -0.2) is 0 Å². The van der Waals surface area contributed by atoms with Gasteiger partial charge < -0.3 is 19.7 Å². The van der Waals surface area contributed by atoms with E-state index >= 15 is 0 Å². The number of anilines is 2. The average Bonchev–Trinajstić information content (AvgIpc) is 2.64. The van der Waals surface area contributed by atoms with Crippen molar-refractivity contribution in [2.45, 2.75) is 27.7 Å². The molecule has 0 aliphatic rings. The highest BCUT2D eigenvalue weighted by atomic mass is 16.5. The first-order valence-electron chi connectivity index (χ1n) is 9.18. The number of ether oxygens (including phenoxy) is 2. The van der Waals surface area contributed by atoms with E-state index in [1.165, 1.54) is 0 Å². The van der Waals surface area contributed by atoms with Crippen LogP contribution in [0.4, 0.5) is 11.4 Å². The summed E-state index contributed by atoms with van der Waals surface area (Å²) in [6.07, 6.45) is 0. The monoisotopic (exact) mass is 356 g/mol. The van der Waals surface area contributed by atoms with Gasteiger partial charge in [0.1, 0.15) is 11.5 Å². The molecule has 0 aliphatic carbocycles. The van der Waals surface area contributed by atoms with Gasteiger partial charge in [-0.05, 0) is 64.1 Å². The second kappa shape index (κ2) is 9.70. The molecule has 0 bridgehead atoms. The molecule has 0 radical (unpaired) electrons. The molecule has 0 spiro atoms. The minimum atomic E-state index is -0.192. The lowest BCUT2D eigenvalue weighted by Gasteiger charge is -2.21. The van der Waals surface area contributed by atoms with Crippen molar-refractivity contribution in [1.29, 1.82) is 0 Å². The van der Waals surface area contributed by atoms with Crippen LogP contribution in [-0.4, -0.2) is 32.2 Å². The Morgan fingerprint density at radius 1 is 0.885 bits per heavy atom. The van der Waals surface area contributed by atoms with Crippen molar-refractivity contribution in [1.82, 2.24) is 0 Å². The van der Waals surface area contributed by atoms with Crippen LogP contribution in [0.25, 0.3) is 0 Å². The number of amides is 1. The largest absolute Gasteiger partial charge is 0.494 e. The molecule has 0 saturated carbocycles. The summed E-state index contributed by atoms with van der Waals surface area (Å²) in [6, 6.07) is 13.1. The summed E-state index contributed by atoms with van der Waals surface area (Å²) in [7, 11) is 0. The van der Waals surface area contributed by atoms with Crippen molar-refractivity contribution in [3.05, 3.63) is 48.0 Å². The standard InChI is InChI=1S/C21H28N2O3/c1-5-23(6-2)18-11-9-17(10-12-18)22-21(24)16-13-19(25-7-3)15-20(14-16)26-8-4/h9-15H,5-8H2,1-4H3,(H,22,24). The summed E-state index contributed by atoms with van der Waals surface area (Å²) in [5, 5.41) is 2.93. The Kier molecular flexibility index (Phi) is 7.33. The lowest BCUT2D eigenvalue weighted by molar-refractivity contribution is 0.102. The maximum atomic E-state index is 12.6. The summed E-state index contributed by atoms with van der Waals surface area (Å²) < 4.78 is 11.1. The number of carbonyl (C=O) groups excluding carboxylic acids is 1. The number of hydrogen-bond acceptors (Lipinski definition) is 4. The number of nitrogens with one attached hydrogen (secondary N) is 1. The zero-order chi connectivity index (χ0) is 18.9. The molecule has 0 fully saturated rings. The third kappa shape index (κ3) is 5.15. The number of hydrogen-bond donors (Lipinski definition) is 1. The van der Waals surface area contributed by atoms with E-state index in [1.54, 1.807) is 18.2 Å². The highest BCUT2D eigenvalue weighted by Crippen LogP contribution is 2.24. The summed E-state index contributed by atoms with van der Waals surface area (Å²) in [5.74, 6) is 1.06. The predicted octanol–water partition coefficient (Wildman–Crippen LogP) is 4.58. The van der Waals surface area contributed by atoms with E-state index in [9.17, 15) is 4.79 Å². The molecule has 2 aromatic rings. The van der Waals surface area contributed by atoms with Crippen LogP contribution in [-0.2, 0) is 0 Å². The zero-order valence-electron chi connectivity index (χ0n) is 16.0. The van der Waals surface area contributed by atoms with E-state index in [0.717, 1.165) is 24.5 Å². The SMILES string of the molecule is CCOc1cc(OCC)cc(C(=O)Nc2ccc(N(CC)CC)cc2)c1. The predicted molar refractivity (Wildman–Crippen MR) is 107 cm³/mol. The first-order chi connectivity index (χ1) is 12.6. The van der Waals surface area contributed by atoms with Crippen molar-refractivity contribution in [3.63, 3.8) is 0 Å². The second-order valence-corrected chi connectivity index (χ2v) is 5.73.